The third-order valence-corrected chi connectivity index (χ3v) is 3.78. The standard InChI is InChI=1S/C11H15N5O6/c1-15-7(12)4-8(14-10(15)20)16(11(21)13-4)9-6(19)5(18)3(2-17)22-9/h3,5-6,9,17-19H,2,12H2,1H3,(H,13,21). The fourth-order valence-electron chi connectivity index (χ4n) is 2.49. The van der Waals surface area contributed by atoms with Crippen molar-refractivity contribution in [1.29, 1.82) is 0 Å². The summed E-state index contributed by atoms with van der Waals surface area (Å²) in [5.74, 6) is -0.00223. The molecule has 11 nitrogen and oxygen atoms in total. The van der Waals surface area contributed by atoms with Gasteiger partial charge in [0, 0.05) is 7.05 Å². The van der Waals surface area contributed by atoms with E-state index in [0.717, 1.165) is 9.13 Å². The van der Waals surface area contributed by atoms with Crippen LogP contribution in [0.1, 0.15) is 6.23 Å². The van der Waals surface area contributed by atoms with Crippen LogP contribution in [0.2, 0.25) is 0 Å². The quantitative estimate of drug-likeness (QED) is 0.382. The lowest BCUT2D eigenvalue weighted by molar-refractivity contribution is -0.0525. The molecule has 1 saturated heterocycles. The van der Waals surface area contributed by atoms with Crippen molar-refractivity contribution in [1.82, 2.24) is 19.1 Å². The summed E-state index contributed by atoms with van der Waals surface area (Å²) in [5.41, 5.74) is 4.38. The first-order valence-corrected chi connectivity index (χ1v) is 6.46. The highest BCUT2D eigenvalue weighted by Crippen LogP contribution is 2.30. The SMILES string of the molecule is Cn1c(N)c2[nH]c(=O)n(C3OC(CO)C(O)C3O)c2nc1=O. The Labute approximate surface area is 122 Å². The molecule has 0 spiro atoms. The highest BCUT2D eigenvalue weighted by atomic mass is 16.6. The summed E-state index contributed by atoms with van der Waals surface area (Å²) < 4.78 is 7.24. The van der Waals surface area contributed by atoms with Gasteiger partial charge in [0.15, 0.2) is 11.9 Å². The molecule has 0 saturated carbocycles. The minimum absolute atomic E-state index is 0.00223. The molecule has 0 amide bonds. The lowest BCUT2D eigenvalue weighted by Gasteiger charge is -2.15. The summed E-state index contributed by atoms with van der Waals surface area (Å²) in [5, 5.41) is 28.9. The second kappa shape index (κ2) is 4.91. The molecule has 4 atom stereocenters. The second-order valence-electron chi connectivity index (χ2n) is 5.07. The summed E-state index contributed by atoms with van der Waals surface area (Å²) in [7, 11) is 1.40. The summed E-state index contributed by atoms with van der Waals surface area (Å²) in [6.45, 7) is -0.539. The number of aliphatic hydroxyl groups excluding tert-OH is 3. The summed E-state index contributed by atoms with van der Waals surface area (Å²) in [4.78, 5) is 30.0. The summed E-state index contributed by atoms with van der Waals surface area (Å²) in [6.07, 6.45) is -5.20. The zero-order chi connectivity index (χ0) is 16.2. The number of aromatic amines is 1. The Bertz CT molecular complexity index is 838. The first-order chi connectivity index (χ1) is 10.4. The number of aromatic nitrogens is 4. The van der Waals surface area contributed by atoms with E-state index >= 15 is 0 Å². The lowest BCUT2D eigenvalue weighted by atomic mass is 10.1. The van der Waals surface area contributed by atoms with Crippen molar-refractivity contribution in [3.05, 3.63) is 21.0 Å². The highest BCUT2D eigenvalue weighted by molar-refractivity contribution is 5.81. The molecule has 4 unspecified atom stereocenters. The number of ether oxygens (including phenoxy) is 1. The number of anilines is 1. The molecule has 3 rings (SSSR count). The normalized spacial score (nSPS) is 28.5. The van der Waals surface area contributed by atoms with E-state index in [1.807, 2.05) is 0 Å². The molecule has 0 bridgehead atoms. The number of rotatable bonds is 2. The van der Waals surface area contributed by atoms with Gasteiger partial charge in [-0.05, 0) is 0 Å². The second-order valence-corrected chi connectivity index (χ2v) is 5.07. The molecule has 3 heterocycles. The number of aliphatic hydroxyl groups is 3. The van der Waals surface area contributed by atoms with E-state index in [2.05, 4.69) is 9.97 Å². The maximum atomic E-state index is 12.1. The molecular formula is C11H15N5O6. The van der Waals surface area contributed by atoms with E-state index in [1.165, 1.54) is 7.05 Å². The Balaban J connectivity index is 2.22. The van der Waals surface area contributed by atoms with Crippen molar-refractivity contribution in [3.8, 4) is 0 Å². The minimum atomic E-state index is -1.47. The van der Waals surface area contributed by atoms with Gasteiger partial charge in [-0.1, -0.05) is 0 Å². The molecule has 0 aliphatic carbocycles. The van der Waals surface area contributed by atoms with Crippen LogP contribution >= 0.6 is 0 Å². The number of nitrogen functional groups attached to an aromatic ring is 1. The molecule has 0 aromatic carbocycles. The minimum Gasteiger partial charge on any atom is -0.394 e. The van der Waals surface area contributed by atoms with Crippen LogP contribution in [0.25, 0.3) is 11.2 Å². The number of hydrogen-bond acceptors (Lipinski definition) is 8. The van der Waals surface area contributed by atoms with Gasteiger partial charge in [-0.25, -0.2) is 14.2 Å². The Kier molecular flexibility index (Phi) is 3.29. The average Bonchev–Trinajstić information content (AvgIpc) is 2.95. The molecular weight excluding hydrogens is 298 g/mol. The maximum Gasteiger partial charge on any atom is 0.350 e. The summed E-state index contributed by atoms with van der Waals surface area (Å²) >= 11 is 0. The molecule has 1 aliphatic rings. The fourth-order valence-corrected chi connectivity index (χ4v) is 2.49. The van der Waals surface area contributed by atoms with Crippen molar-refractivity contribution in [2.75, 3.05) is 12.3 Å². The molecule has 11 heteroatoms. The van der Waals surface area contributed by atoms with Crippen LogP contribution in [0.5, 0.6) is 0 Å². The topological polar surface area (TPSA) is 169 Å². The molecule has 0 radical (unpaired) electrons. The fraction of sp³-hybridized carbons (Fsp3) is 0.545. The number of H-pyrrole nitrogens is 1. The van der Waals surface area contributed by atoms with Crippen molar-refractivity contribution in [2.45, 2.75) is 24.5 Å². The molecule has 22 heavy (non-hydrogen) atoms. The molecule has 6 N–H and O–H groups in total. The first-order valence-electron chi connectivity index (χ1n) is 6.46. The third kappa shape index (κ3) is 1.87. The predicted octanol–water partition coefficient (Wildman–Crippen LogP) is -3.38. The Morgan fingerprint density at radius 1 is 1.36 bits per heavy atom. The smallest absolute Gasteiger partial charge is 0.350 e. The highest BCUT2D eigenvalue weighted by Gasteiger charge is 2.44. The van der Waals surface area contributed by atoms with Crippen molar-refractivity contribution in [3.63, 3.8) is 0 Å². The van der Waals surface area contributed by atoms with Gasteiger partial charge < -0.3 is 30.8 Å². The number of imidazole rings is 1. The van der Waals surface area contributed by atoms with Gasteiger partial charge in [-0.2, -0.15) is 4.98 Å². The van der Waals surface area contributed by atoms with Crippen molar-refractivity contribution in [2.24, 2.45) is 7.05 Å². The van der Waals surface area contributed by atoms with Crippen molar-refractivity contribution >= 4 is 17.0 Å². The van der Waals surface area contributed by atoms with Crippen LogP contribution < -0.4 is 17.1 Å². The Hall–Kier alpha value is -2.21. The number of nitrogens with one attached hydrogen (secondary N) is 1. The van der Waals surface area contributed by atoms with Crippen LogP contribution in [-0.2, 0) is 11.8 Å². The molecule has 1 fully saturated rings. The van der Waals surface area contributed by atoms with Crippen LogP contribution in [0, 0.1) is 0 Å². The first kappa shape index (κ1) is 14.7. The van der Waals surface area contributed by atoms with Gasteiger partial charge in [0.25, 0.3) is 0 Å². The number of fused-ring (bicyclic) bond motifs is 1. The van der Waals surface area contributed by atoms with Gasteiger partial charge in [-0.3, -0.25) is 4.57 Å². The van der Waals surface area contributed by atoms with E-state index < -0.39 is 42.5 Å². The van der Waals surface area contributed by atoms with Crippen LogP contribution in [0.15, 0.2) is 9.59 Å². The van der Waals surface area contributed by atoms with E-state index in [-0.39, 0.29) is 17.0 Å². The maximum absolute atomic E-state index is 12.1. The van der Waals surface area contributed by atoms with Gasteiger partial charge in [0.1, 0.15) is 29.6 Å². The molecule has 1 aliphatic heterocycles. The van der Waals surface area contributed by atoms with E-state index in [0.29, 0.717) is 0 Å². The van der Waals surface area contributed by atoms with Gasteiger partial charge in [0.2, 0.25) is 0 Å². The summed E-state index contributed by atoms with van der Waals surface area (Å²) in [6, 6.07) is 0. The Morgan fingerprint density at radius 2 is 2.05 bits per heavy atom. The lowest BCUT2D eigenvalue weighted by Crippen LogP contribution is -2.35. The molecule has 2 aromatic heterocycles. The largest absolute Gasteiger partial charge is 0.394 e. The van der Waals surface area contributed by atoms with Gasteiger partial charge in [-0.15, -0.1) is 0 Å². The van der Waals surface area contributed by atoms with Crippen LogP contribution in [0.3, 0.4) is 0 Å². The molecule has 2 aromatic rings. The van der Waals surface area contributed by atoms with Crippen LogP contribution in [-0.4, -0.2) is 59.3 Å². The number of nitrogens with zero attached hydrogens (tertiary/aromatic N) is 3. The molecule has 120 valence electrons. The monoisotopic (exact) mass is 313 g/mol. The third-order valence-electron chi connectivity index (χ3n) is 3.78. The van der Waals surface area contributed by atoms with Gasteiger partial charge >= 0.3 is 11.4 Å². The van der Waals surface area contributed by atoms with E-state index in [4.69, 9.17) is 15.6 Å². The van der Waals surface area contributed by atoms with Crippen LogP contribution in [0.4, 0.5) is 5.82 Å². The van der Waals surface area contributed by atoms with E-state index in [9.17, 15) is 19.8 Å². The van der Waals surface area contributed by atoms with E-state index in [1.54, 1.807) is 0 Å². The number of nitrogens with two attached hydrogens (primary N) is 1. The zero-order valence-electron chi connectivity index (χ0n) is 11.5. The van der Waals surface area contributed by atoms with Gasteiger partial charge in [0.05, 0.1) is 6.61 Å². The van der Waals surface area contributed by atoms with Crippen molar-refractivity contribution < 1.29 is 20.1 Å². The Morgan fingerprint density at radius 3 is 2.64 bits per heavy atom. The zero-order valence-corrected chi connectivity index (χ0v) is 11.5. The average molecular weight is 313 g/mol. The predicted molar refractivity (Wildman–Crippen MR) is 73.0 cm³/mol. The number of hydrogen-bond donors (Lipinski definition) is 5.